The van der Waals surface area contributed by atoms with Crippen molar-refractivity contribution in [3.63, 3.8) is 0 Å². The van der Waals surface area contributed by atoms with E-state index in [0.717, 1.165) is 12.3 Å². The van der Waals surface area contributed by atoms with E-state index in [0.29, 0.717) is 17.2 Å². The summed E-state index contributed by atoms with van der Waals surface area (Å²) in [4.78, 5) is 35.0. The Labute approximate surface area is 208 Å². The van der Waals surface area contributed by atoms with Crippen LogP contribution >= 0.6 is 11.6 Å². The van der Waals surface area contributed by atoms with Crippen LogP contribution in [0, 0.1) is 5.82 Å². The zero-order valence-corrected chi connectivity index (χ0v) is 19.4. The second kappa shape index (κ2) is 9.85. The number of anilines is 4. The van der Waals surface area contributed by atoms with Crippen LogP contribution in [0.2, 0.25) is 5.02 Å². The molecule has 0 amide bonds. The molecule has 0 radical (unpaired) electrons. The van der Waals surface area contributed by atoms with Gasteiger partial charge in [0.1, 0.15) is 5.52 Å². The molecular weight excluding hydrogens is 530 g/mol. The molecule has 4 aromatic rings. The number of nitrogens with zero attached hydrogens (tertiary/aromatic N) is 3. The predicted octanol–water partition coefficient (Wildman–Crippen LogP) is 4.20. The fraction of sp³-hybridized carbons (Fsp3) is 0.143. The van der Waals surface area contributed by atoms with E-state index < -0.39 is 23.7 Å². The number of carbonyl (C=O) groups excluding carboxylic acids is 1. The number of hydrogen-bond donors (Lipinski definition) is 2. The molecule has 0 saturated carbocycles. The number of alkyl halides is 3. The van der Waals surface area contributed by atoms with Gasteiger partial charge >= 0.3 is 17.9 Å². The number of oxazole rings is 1. The van der Waals surface area contributed by atoms with E-state index in [9.17, 15) is 27.2 Å². The van der Waals surface area contributed by atoms with E-state index in [-0.39, 0.29) is 38.3 Å². The molecule has 0 aliphatic heterocycles. The van der Waals surface area contributed by atoms with Crippen LogP contribution in [-0.4, -0.2) is 41.1 Å². The zero-order chi connectivity index (χ0) is 26.9. The smallest absolute Gasteiger partial charge is 0.493 e. The van der Waals surface area contributed by atoms with Crippen LogP contribution in [0.3, 0.4) is 0 Å². The number of carbonyl (C=O) groups is 1. The summed E-state index contributed by atoms with van der Waals surface area (Å²) in [5.41, 5.74) is -0.0832. The minimum Gasteiger partial charge on any atom is -0.493 e. The molecular formula is C21H14ClF4N5O6. The lowest BCUT2D eigenvalue weighted by atomic mass is 10.2. The van der Waals surface area contributed by atoms with Crippen molar-refractivity contribution >= 4 is 51.8 Å². The van der Waals surface area contributed by atoms with Gasteiger partial charge in [-0.3, -0.25) is 0 Å². The molecule has 2 aromatic carbocycles. The van der Waals surface area contributed by atoms with Gasteiger partial charge in [-0.05, 0) is 24.3 Å². The molecule has 0 saturated heterocycles. The minimum absolute atomic E-state index is 0.0282. The first-order chi connectivity index (χ1) is 17.5. The van der Waals surface area contributed by atoms with Gasteiger partial charge in [-0.2, -0.15) is 18.2 Å². The van der Waals surface area contributed by atoms with Crippen molar-refractivity contribution in [3.8, 4) is 11.5 Å². The van der Waals surface area contributed by atoms with Gasteiger partial charge in [-0.1, -0.05) is 16.3 Å². The molecule has 4 rings (SSSR count). The second-order valence-corrected chi connectivity index (χ2v) is 7.46. The summed E-state index contributed by atoms with van der Waals surface area (Å²) in [6.07, 6.45) is -4.50. The Morgan fingerprint density at radius 2 is 1.86 bits per heavy atom. The maximum Gasteiger partial charge on any atom is 0.493 e. The summed E-state index contributed by atoms with van der Waals surface area (Å²) in [6, 6.07) is 6.65. The topological polar surface area (TPSA) is 130 Å². The summed E-state index contributed by atoms with van der Waals surface area (Å²) < 4.78 is 67.3. The number of hydrogen-bond acceptors (Lipinski definition) is 10. The van der Waals surface area contributed by atoms with Gasteiger partial charge in [-0.15, -0.1) is 0 Å². The van der Waals surface area contributed by atoms with E-state index in [1.807, 2.05) is 0 Å². The largest absolute Gasteiger partial charge is 0.493 e. The molecule has 0 fully saturated rings. The lowest BCUT2D eigenvalue weighted by Crippen LogP contribution is -2.36. The normalized spacial score (nSPS) is 11.3. The summed E-state index contributed by atoms with van der Waals surface area (Å²) in [5, 5.41) is 5.65. The highest BCUT2D eigenvalue weighted by atomic mass is 35.5. The number of rotatable bonds is 7. The molecule has 0 aliphatic carbocycles. The molecule has 2 N–H and O–H groups in total. The van der Waals surface area contributed by atoms with E-state index in [4.69, 9.17) is 25.5 Å². The Bertz CT molecular complexity index is 1560. The van der Waals surface area contributed by atoms with Gasteiger partial charge in [0.05, 0.1) is 25.4 Å². The van der Waals surface area contributed by atoms with Crippen LogP contribution in [0.1, 0.15) is 0 Å². The second-order valence-electron chi connectivity index (χ2n) is 7.06. The van der Waals surface area contributed by atoms with Gasteiger partial charge in [0.15, 0.2) is 28.7 Å². The molecule has 2 heterocycles. The lowest BCUT2D eigenvalue weighted by molar-refractivity contribution is -0.200. The van der Waals surface area contributed by atoms with Crippen LogP contribution in [0.5, 0.6) is 11.5 Å². The fourth-order valence-corrected chi connectivity index (χ4v) is 3.35. The summed E-state index contributed by atoms with van der Waals surface area (Å²) in [5.74, 6) is -4.69. The summed E-state index contributed by atoms with van der Waals surface area (Å²) in [7, 11) is 2.83. The summed E-state index contributed by atoms with van der Waals surface area (Å²) in [6.45, 7) is 0. The van der Waals surface area contributed by atoms with Crippen LogP contribution in [-0.2, 0) is 4.79 Å². The Kier molecular flexibility index (Phi) is 6.80. The predicted molar refractivity (Wildman–Crippen MR) is 121 cm³/mol. The van der Waals surface area contributed by atoms with Crippen molar-refractivity contribution in [2.45, 2.75) is 6.18 Å². The maximum atomic E-state index is 14.4. The number of nitrogens with one attached hydrogen (secondary N) is 2. The number of aromatic nitrogens is 3. The van der Waals surface area contributed by atoms with Gasteiger partial charge < -0.3 is 29.4 Å². The molecule has 0 atom stereocenters. The number of ether oxygens (including phenoxy) is 2. The Morgan fingerprint density at radius 3 is 2.54 bits per heavy atom. The minimum atomic E-state index is -5.36. The van der Waals surface area contributed by atoms with Crippen molar-refractivity contribution < 1.29 is 41.1 Å². The molecule has 0 bridgehead atoms. The third kappa shape index (κ3) is 5.35. The van der Waals surface area contributed by atoms with Crippen LogP contribution in [0.4, 0.5) is 40.7 Å². The first-order valence-corrected chi connectivity index (χ1v) is 10.3. The van der Waals surface area contributed by atoms with Crippen LogP contribution < -0.4 is 30.7 Å². The van der Waals surface area contributed by atoms with Crippen molar-refractivity contribution in [1.29, 1.82) is 0 Å². The molecule has 2 aromatic heterocycles. The van der Waals surface area contributed by atoms with Crippen molar-refractivity contribution in [3.05, 3.63) is 57.9 Å². The Morgan fingerprint density at radius 1 is 1.11 bits per heavy atom. The highest BCUT2D eigenvalue weighted by Gasteiger charge is 2.42. The van der Waals surface area contributed by atoms with Gasteiger partial charge in [-0.25, -0.2) is 19.0 Å². The number of fused-ring (bicyclic) bond motifs is 1. The molecule has 0 aliphatic rings. The monoisotopic (exact) mass is 543 g/mol. The SMILES string of the molecule is COc1cc(Nc2ncc(F)c(Nc3ccc4oc(=O)n(OC(=O)C(F)(F)F)c4c3)n2)cc(Cl)c1OC. The Balaban J connectivity index is 1.62. The zero-order valence-electron chi connectivity index (χ0n) is 18.6. The number of halogens is 5. The van der Waals surface area contributed by atoms with E-state index in [1.54, 1.807) is 6.07 Å². The van der Waals surface area contributed by atoms with Crippen molar-refractivity contribution in [2.75, 3.05) is 24.9 Å². The molecule has 0 unspecified atom stereocenters. The molecule has 0 spiro atoms. The molecule has 194 valence electrons. The third-order valence-electron chi connectivity index (χ3n) is 4.64. The van der Waals surface area contributed by atoms with E-state index >= 15 is 0 Å². The average molecular weight is 544 g/mol. The Hall–Kier alpha value is -4.53. The van der Waals surface area contributed by atoms with Gasteiger partial charge in [0, 0.05) is 17.4 Å². The van der Waals surface area contributed by atoms with E-state index in [2.05, 4.69) is 25.4 Å². The van der Waals surface area contributed by atoms with Crippen LogP contribution in [0.25, 0.3) is 11.1 Å². The van der Waals surface area contributed by atoms with Gasteiger partial charge in [0.2, 0.25) is 5.95 Å². The third-order valence-corrected chi connectivity index (χ3v) is 4.92. The standard InChI is InChI=1S/C21H14ClF4N5O6/c1-34-15-7-10(5-11(22)16(15)35-2)29-19-27-8-12(23)17(30-19)28-9-3-4-14-13(6-9)31(20(33)36-14)37-18(32)21(24,25)26/h3-8H,1-2H3,(H2,27,28,29,30). The quantitative estimate of drug-likeness (QED) is 0.327. The average Bonchev–Trinajstić information content (AvgIpc) is 3.14. The highest BCUT2D eigenvalue weighted by Crippen LogP contribution is 2.38. The first kappa shape index (κ1) is 25.6. The van der Waals surface area contributed by atoms with E-state index in [1.165, 1.54) is 32.4 Å². The maximum absolute atomic E-state index is 14.4. The molecule has 11 nitrogen and oxygen atoms in total. The van der Waals surface area contributed by atoms with Crippen molar-refractivity contribution in [1.82, 2.24) is 14.7 Å². The number of methoxy groups -OCH3 is 2. The van der Waals surface area contributed by atoms with Crippen molar-refractivity contribution in [2.24, 2.45) is 0 Å². The van der Waals surface area contributed by atoms with Gasteiger partial charge in [0.25, 0.3) is 0 Å². The molecule has 37 heavy (non-hydrogen) atoms. The first-order valence-electron chi connectivity index (χ1n) is 9.93. The highest BCUT2D eigenvalue weighted by molar-refractivity contribution is 6.32. The lowest BCUT2D eigenvalue weighted by Gasteiger charge is -2.13. The fourth-order valence-electron chi connectivity index (χ4n) is 3.07. The molecule has 16 heteroatoms. The summed E-state index contributed by atoms with van der Waals surface area (Å²) >= 11 is 6.18. The van der Waals surface area contributed by atoms with Crippen LogP contribution in [0.15, 0.2) is 45.7 Å². The number of benzene rings is 2.